The first kappa shape index (κ1) is 91.0. The zero-order valence-electron chi connectivity index (χ0n) is 62.8. The number of unbranched alkanes of at least 4 members (excludes halogenated alkanes) is 55. The number of ether oxygens (including phenoxy) is 2. The average molecular weight is 1330 g/mol. The third-order valence-corrected chi connectivity index (χ3v) is 19.6. The summed E-state index contributed by atoms with van der Waals surface area (Å²) in [6.07, 6.45) is 98.5. The van der Waals surface area contributed by atoms with Crippen LogP contribution in [0.2, 0.25) is 0 Å². The van der Waals surface area contributed by atoms with Gasteiger partial charge in [0.25, 0.3) is 0 Å². The third kappa shape index (κ3) is 78.8. The van der Waals surface area contributed by atoms with Crippen LogP contribution in [0.4, 0.5) is 0 Å². The van der Waals surface area contributed by atoms with Gasteiger partial charge in [-0.25, -0.2) is 4.57 Å². The molecule has 548 valence electrons. The fourth-order valence-electron chi connectivity index (χ4n) is 12.4. The van der Waals surface area contributed by atoms with Gasteiger partial charge < -0.3 is 18.9 Å². The second-order valence-electron chi connectivity index (χ2n) is 29.1. The highest BCUT2D eigenvalue weighted by molar-refractivity contribution is 7.47. The van der Waals surface area contributed by atoms with E-state index in [0.29, 0.717) is 23.9 Å². The molecule has 2 unspecified atom stereocenters. The standard InChI is InChI=1S/C83H158NO8P/c1-6-8-10-12-14-16-18-20-22-24-26-28-30-32-34-36-38-39-40-41-42-43-44-45-46-48-50-52-54-56-58-60-62-64-66-68-70-72-74-76-83(86)92-81(80-91-93(87,88)90-78-77-84(3,4)5)79-89-82(85)75-73-71-69-67-65-63-61-59-57-55-53-51-49-47-37-35-33-31-29-27-25-23-21-19-17-15-13-11-9-7-2/h8,10,14,16,20,22,26,28,81H,6-7,9,11-13,15,17-19,21,23-25,27,29-80H2,1-5H3/p+1/b10-8-,16-14-,22-20-,28-26-. The predicted molar refractivity (Wildman–Crippen MR) is 404 cm³/mol. The van der Waals surface area contributed by atoms with Gasteiger partial charge in [0, 0.05) is 12.8 Å². The molecule has 0 aromatic carbocycles. The van der Waals surface area contributed by atoms with Gasteiger partial charge in [-0.15, -0.1) is 0 Å². The molecule has 0 heterocycles. The Kier molecular flexibility index (Phi) is 72.6. The van der Waals surface area contributed by atoms with Gasteiger partial charge in [-0.05, 0) is 51.4 Å². The number of hydrogen-bond acceptors (Lipinski definition) is 7. The number of esters is 2. The van der Waals surface area contributed by atoms with Crippen molar-refractivity contribution < 1.29 is 42.1 Å². The van der Waals surface area contributed by atoms with E-state index in [1.807, 2.05) is 21.1 Å². The van der Waals surface area contributed by atoms with Crippen LogP contribution in [0, 0.1) is 0 Å². The summed E-state index contributed by atoms with van der Waals surface area (Å²) in [6, 6.07) is 0. The number of carbonyl (C=O) groups excluding carboxylic acids is 2. The van der Waals surface area contributed by atoms with Gasteiger partial charge in [-0.1, -0.05) is 403 Å². The lowest BCUT2D eigenvalue weighted by molar-refractivity contribution is -0.870. The molecule has 0 aliphatic rings. The number of allylic oxidation sites excluding steroid dienone is 8. The van der Waals surface area contributed by atoms with Crippen LogP contribution in [-0.4, -0.2) is 74.9 Å². The molecular formula is C83H159NO8P+. The van der Waals surface area contributed by atoms with Gasteiger partial charge in [0.2, 0.25) is 0 Å². The highest BCUT2D eigenvalue weighted by Crippen LogP contribution is 2.43. The Morgan fingerprint density at radius 2 is 0.613 bits per heavy atom. The second kappa shape index (κ2) is 74.2. The highest BCUT2D eigenvalue weighted by atomic mass is 31.2. The molecule has 10 heteroatoms. The van der Waals surface area contributed by atoms with Crippen LogP contribution in [0.3, 0.4) is 0 Å². The summed E-state index contributed by atoms with van der Waals surface area (Å²) in [5.41, 5.74) is 0. The number of quaternary nitrogens is 1. The van der Waals surface area contributed by atoms with Crippen molar-refractivity contribution in [2.45, 2.75) is 424 Å². The topological polar surface area (TPSA) is 108 Å². The first-order chi connectivity index (χ1) is 45.5. The molecule has 93 heavy (non-hydrogen) atoms. The maximum absolute atomic E-state index is 12.9. The van der Waals surface area contributed by atoms with Crippen molar-refractivity contribution in [3.8, 4) is 0 Å². The Bertz CT molecular complexity index is 1710. The van der Waals surface area contributed by atoms with E-state index in [-0.39, 0.29) is 25.6 Å². The Morgan fingerprint density at radius 1 is 0.344 bits per heavy atom. The van der Waals surface area contributed by atoms with E-state index >= 15 is 0 Å². The maximum Gasteiger partial charge on any atom is 0.472 e. The first-order valence-electron chi connectivity index (χ1n) is 40.9. The van der Waals surface area contributed by atoms with Gasteiger partial charge in [0.05, 0.1) is 27.7 Å². The average Bonchev–Trinajstić information content (AvgIpc) is 2.01. The van der Waals surface area contributed by atoms with E-state index in [1.54, 1.807) is 0 Å². The molecule has 0 rings (SSSR count). The highest BCUT2D eigenvalue weighted by Gasteiger charge is 2.27. The van der Waals surface area contributed by atoms with Gasteiger partial charge in [-0.2, -0.15) is 0 Å². The van der Waals surface area contributed by atoms with Crippen LogP contribution < -0.4 is 0 Å². The van der Waals surface area contributed by atoms with Crippen LogP contribution in [0.5, 0.6) is 0 Å². The van der Waals surface area contributed by atoms with E-state index in [0.717, 1.165) is 57.8 Å². The number of carbonyl (C=O) groups is 2. The number of hydrogen-bond donors (Lipinski definition) is 1. The van der Waals surface area contributed by atoms with Crippen molar-refractivity contribution in [1.29, 1.82) is 0 Å². The Hall–Kier alpha value is -2.03. The molecule has 0 saturated carbocycles. The molecule has 0 radical (unpaired) electrons. The molecule has 0 saturated heterocycles. The zero-order chi connectivity index (χ0) is 67.6. The van der Waals surface area contributed by atoms with Gasteiger partial charge in [0.15, 0.2) is 6.10 Å². The van der Waals surface area contributed by atoms with Crippen LogP contribution >= 0.6 is 7.82 Å². The van der Waals surface area contributed by atoms with E-state index in [2.05, 4.69) is 62.5 Å². The molecule has 9 nitrogen and oxygen atoms in total. The van der Waals surface area contributed by atoms with Crippen molar-refractivity contribution in [1.82, 2.24) is 0 Å². The number of rotatable bonds is 77. The minimum absolute atomic E-state index is 0.0356. The third-order valence-electron chi connectivity index (χ3n) is 18.6. The summed E-state index contributed by atoms with van der Waals surface area (Å²) in [5.74, 6) is -0.769. The fraction of sp³-hybridized carbons (Fsp3) is 0.880. The van der Waals surface area contributed by atoms with Crippen LogP contribution in [0.25, 0.3) is 0 Å². The summed E-state index contributed by atoms with van der Waals surface area (Å²) < 4.78 is 34.9. The summed E-state index contributed by atoms with van der Waals surface area (Å²) in [7, 11) is 1.50. The molecule has 0 amide bonds. The lowest BCUT2D eigenvalue weighted by Gasteiger charge is -2.24. The summed E-state index contributed by atoms with van der Waals surface area (Å²) in [5, 5.41) is 0. The summed E-state index contributed by atoms with van der Waals surface area (Å²) >= 11 is 0. The maximum atomic E-state index is 12.9. The molecule has 0 aromatic rings. The Balaban J connectivity index is 3.88. The number of phosphoric acid groups is 1. The minimum atomic E-state index is -4.39. The van der Waals surface area contributed by atoms with Crippen LogP contribution in [0.15, 0.2) is 48.6 Å². The smallest absolute Gasteiger partial charge is 0.462 e. The van der Waals surface area contributed by atoms with Crippen molar-refractivity contribution in [3.05, 3.63) is 48.6 Å². The molecule has 0 spiro atoms. The second-order valence-corrected chi connectivity index (χ2v) is 30.6. The predicted octanol–water partition coefficient (Wildman–Crippen LogP) is 27.1. The molecule has 0 aliphatic heterocycles. The van der Waals surface area contributed by atoms with Gasteiger partial charge >= 0.3 is 19.8 Å². The monoisotopic (exact) mass is 1330 g/mol. The van der Waals surface area contributed by atoms with Crippen molar-refractivity contribution in [3.63, 3.8) is 0 Å². The minimum Gasteiger partial charge on any atom is -0.462 e. The quantitative estimate of drug-likeness (QED) is 0.0211. The van der Waals surface area contributed by atoms with Gasteiger partial charge in [-0.3, -0.25) is 18.6 Å². The largest absolute Gasteiger partial charge is 0.472 e. The number of nitrogens with zero attached hydrogens (tertiary/aromatic N) is 1. The SMILES string of the molecule is CC/C=C\C/C=C\C/C=C\C/C=C\CCCCCCCCCCCCCCCCCCCCCCCCCCCCC(=O)OC(COC(=O)CCCCCCCCCCCCCCCCCCCCCCCCCCCCCCCC)COP(=O)(O)OCC[N+](C)(C)C. The van der Waals surface area contributed by atoms with E-state index in [1.165, 1.54) is 327 Å². The summed E-state index contributed by atoms with van der Waals surface area (Å²) in [4.78, 5) is 36.0. The summed E-state index contributed by atoms with van der Waals surface area (Å²) in [6.45, 7) is 4.41. The Labute approximate surface area is 579 Å². The zero-order valence-corrected chi connectivity index (χ0v) is 63.7. The van der Waals surface area contributed by atoms with E-state index in [9.17, 15) is 19.0 Å². The molecule has 2 atom stereocenters. The van der Waals surface area contributed by atoms with Crippen LogP contribution in [-0.2, 0) is 32.7 Å². The van der Waals surface area contributed by atoms with E-state index in [4.69, 9.17) is 18.5 Å². The van der Waals surface area contributed by atoms with Gasteiger partial charge in [0.1, 0.15) is 19.8 Å². The molecule has 0 fully saturated rings. The molecule has 1 N–H and O–H groups in total. The Morgan fingerprint density at radius 3 is 0.914 bits per heavy atom. The van der Waals surface area contributed by atoms with Crippen LogP contribution in [0.1, 0.15) is 418 Å². The van der Waals surface area contributed by atoms with Crippen molar-refractivity contribution >= 4 is 19.8 Å². The lowest BCUT2D eigenvalue weighted by atomic mass is 10.0. The lowest BCUT2D eigenvalue weighted by Crippen LogP contribution is -2.37. The molecule has 0 aromatic heterocycles. The van der Waals surface area contributed by atoms with Crippen molar-refractivity contribution in [2.24, 2.45) is 0 Å². The normalized spacial score (nSPS) is 13.2. The molecule has 0 bridgehead atoms. The van der Waals surface area contributed by atoms with Crippen molar-refractivity contribution in [2.75, 3.05) is 47.5 Å². The number of phosphoric ester groups is 1. The molecule has 0 aliphatic carbocycles. The van der Waals surface area contributed by atoms with E-state index < -0.39 is 26.5 Å². The fourth-order valence-corrected chi connectivity index (χ4v) is 13.2. The molecular weight excluding hydrogens is 1170 g/mol. The number of likely N-dealkylation sites (N-methyl/N-ethyl adjacent to an activating group) is 1. The first-order valence-corrected chi connectivity index (χ1v) is 42.4.